The lowest BCUT2D eigenvalue weighted by Crippen LogP contribution is -2.43. The maximum absolute atomic E-state index is 11.2. The minimum Gasteiger partial charge on any atom is -0.259 e. The predicted octanol–water partition coefficient (Wildman–Crippen LogP) is -0.729. The van der Waals surface area contributed by atoms with Gasteiger partial charge in [0.1, 0.15) is 0 Å². The zero-order valence-corrected chi connectivity index (χ0v) is 8.16. The zero-order valence-electron chi connectivity index (χ0n) is 8.16. The van der Waals surface area contributed by atoms with Gasteiger partial charge in [0, 0.05) is 6.54 Å². The first kappa shape index (κ1) is 10.5. The van der Waals surface area contributed by atoms with Crippen LogP contribution in [-0.4, -0.2) is 14.5 Å². The summed E-state index contributed by atoms with van der Waals surface area (Å²) in [5, 5.41) is 0. The van der Waals surface area contributed by atoms with Gasteiger partial charge in [0.25, 0.3) is 0 Å². The van der Waals surface area contributed by atoms with Gasteiger partial charge in [0.05, 0.1) is 0 Å². The van der Waals surface area contributed by atoms with Gasteiger partial charge in [0.2, 0.25) is 0 Å². The lowest BCUT2D eigenvalue weighted by atomic mass is 10.1. The van der Waals surface area contributed by atoms with Crippen molar-refractivity contribution >= 4 is 0 Å². The van der Waals surface area contributed by atoms with Crippen molar-refractivity contribution in [1.82, 2.24) is 14.5 Å². The van der Waals surface area contributed by atoms with Gasteiger partial charge in [0.15, 0.2) is 0 Å². The Labute approximate surface area is 79.6 Å². The largest absolute Gasteiger partial charge is 0.333 e. The van der Waals surface area contributed by atoms with Gasteiger partial charge >= 0.3 is 17.1 Å². The van der Waals surface area contributed by atoms with E-state index in [0.717, 1.165) is 11.0 Å². The number of aromatic amines is 2. The van der Waals surface area contributed by atoms with Gasteiger partial charge in [-0.15, -0.1) is 0 Å². The average Bonchev–Trinajstić information content (AvgIpc) is 2.01. The Hall–Kier alpha value is -1.59. The van der Waals surface area contributed by atoms with E-state index in [-0.39, 0.29) is 0 Å². The minimum atomic E-state index is -0.763. The van der Waals surface area contributed by atoms with E-state index in [2.05, 4.69) is 0 Å². The maximum atomic E-state index is 11.2. The van der Waals surface area contributed by atoms with E-state index in [9.17, 15) is 14.4 Å². The molecule has 0 unspecified atom stereocenters. The first-order valence-corrected chi connectivity index (χ1v) is 4.44. The van der Waals surface area contributed by atoms with Crippen LogP contribution in [0.5, 0.6) is 0 Å². The lowest BCUT2D eigenvalue weighted by Gasteiger charge is -2.04. The van der Waals surface area contributed by atoms with Crippen molar-refractivity contribution in [3.05, 3.63) is 31.5 Å². The Kier molecular flexibility index (Phi) is 3.06. The molecule has 0 aliphatic rings. The van der Waals surface area contributed by atoms with Crippen LogP contribution in [0.4, 0.5) is 0 Å². The summed E-state index contributed by atoms with van der Waals surface area (Å²) in [6.07, 6.45) is 0.717. The molecule has 1 aromatic heterocycles. The fraction of sp³-hybridized carbons (Fsp3) is 0.625. The van der Waals surface area contributed by atoms with Crippen LogP contribution in [0.2, 0.25) is 0 Å². The fourth-order valence-corrected chi connectivity index (χ4v) is 1.04. The Balaban J connectivity index is 3.04. The summed E-state index contributed by atoms with van der Waals surface area (Å²) < 4.78 is 0.987. The highest BCUT2D eigenvalue weighted by Gasteiger charge is 2.03. The van der Waals surface area contributed by atoms with E-state index in [0.29, 0.717) is 12.5 Å². The third-order valence-corrected chi connectivity index (χ3v) is 1.86. The van der Waals surface area contributed by atoms with Crippen molar-refractivity contribution in [2.75, 3.05) is 0 Å². The molecule has 78 valence electrons. The van der Waals surface area contributed by atoms with E-state index in [4.69, 9.17) is 0 Å². The second-order valence-corrected chi connectivity index (χ2v) is 3.52. The Bertz CT molecular complexity index is 431. The van der Waals surface area contributed by atoms with Crippen molar-refractivity contribution < 1.29 is 0 Å². The van der Waals surface area contributed by atoms with Gasteiger partial charge in [-0.2, -0.15) is 0 Å². The molecule has 0 amide bonds. The van der Waals surface area contributed by atoms with Crippen LogP contribution in [0.3, 0.4) is 0 Å². The predicted molar refractivity (Wildman–Crippen MR) is 51.4 cm³/mol. The van der Waals surface area contributed by atoms with Crippen molar-refractivity contribution in [3.63, 3.8) is 0 Å². The van der Waals surface area contributed by atoms with Crippen molar-refractivity contribution in [1.29, 1.82) is 0 Å². The molecule has 0 aromatic carbocycles. The highest BCUT2D eigenvalue weighted by atomic mass is 16.2. The molecular formula is C8H13N3O3. The molecule has 6 nitrogen and oxygen atoms in total. The number of rotatable bonds is 3. The van der Waals surface area contributed by atoms with Gasteiger partial charge < -0.3 is 0 Å². The molecule has 0 aliphatic heterocycles. The molecule has 0 aliphatic carbocycles. The highest BCUT2D eigenvalue weighted by molar-refractivity contribution is 4.69. The number of H-pyrrole nitrogens is 2. The normalized spacial score (nSPS) is 10.8. The number of nitrogens with one attached hydrogen (secondary N) is 2. The van der Waals surface area contributed by atoms with Gasteiger partial charge in [-0.1, -0.05) is 13.8 Å². The zero-order chi connectivity index (χ0) is 10.7. The van der Waals surface area contributed by atoms with Gasteiger partial charge in [-0.25, -0.2) is 19.0 Å². The molecule has 1 heterocycles. The molecule has 0 atom stereocenters. The van der Waals surface area contributed by atoms with E-state index in [1.54, 1.807) is 0 Å². The van der Waals surface area contributed by atoms with Crippen LogP contribution in [0.1, 0.15) is 20.3 Å². The smallest absolute Gasteiger partial charge is 0.259 e. The quantitative estimate of drug-likeness (QED) is 0.672. The molecule has 14 heavy (non-hydrogen) atoms. The summed E-state index contributed by atoms with van der Waals surface area (Å²) in [5.74, 6) is 0.397. The number of nitrogens with zero attached hydrogens (tertiary/aromatic N) is 1. The number of aromatic nitrogens is 3. The maximum Gasteiger partial charge on any atom is 0.333 e. The standard InChI is InChI=1S/C8H13N3O3/c1-5(2)3-4-11-7(13)9-6(12)10-8(11)14/h5H,3-4H2,1-2H3,(H2,9,10,12,13,14). The molecule has 0 spiro atoms. The lowest BCUT2D eigenvalue weighted by molar-refractivity contribution is 0.484. The van der Waals surface area contributed by atoms with E-state index >= 15 is 0 Å². The molecule has 0 saturated carbocycles. The molecule has 6 heteroatoms. The Morgan fingerprint density at radius 3 is 2.07 bits per heavy atom. The highest BCUT2D eigenvalue weighted by Crippen LogP contribution is 1.98. The monoisotopic (exact) mass is 199 g/mol. The summed E-state index contributed by atoms with van der Waals surface area (Å²) in [7, 11) is 0. The topological polar surface area (TPSA) is 87.7 Å². The summed E-state index contributed by atoms with van der Waals surface area (Å²) in [6, 6.07) is 0. The Morgan fingerprint density at radius 1 is 1.14 bits per heavy atom. The first-order valence-electron chi connectivity index (χ1n) is 4.44. The summed E-state index contributed by atoms with van der Waals surface area (Å²) in [5.41, 5.74) is -2.07. The third-order valence-electron chi connectivity index (χ3n) is 1.86. The van der Waals surface area contributed by atoms with Crippen molar-refractivity contribution in [3.8, 4) is 0 Å². The van der Waals surface area contributed by atoms with Crippen LogP contribution in [0.15, 0.2) is 14.4 Å². The summed E-state index contributed by atoms with van der Waals surface area (Å²) >= 11 is 0. The second kappa shape index (κ2) is 4.08. The number of hydrogen-bond donors (Lipinski definition) is 2. The number of hydrogen-bond acceptors (Lipinski definition) is 3. The van der Waals surface area contributed by atoms with Crippen molar-refractivity contribution in [2.45, 2.75) is 26.8 Å². The average molecular weight is 199 g/mol. The molecule has 0 bridgehead atoms. The molecular weight excluding hydrogens is 186 g/mol. The molecule has 2 N–H and O–H groups in total. The van der Waals surface area contributed by atoms with Crippen LogP contribution in [0, 0.1) is 5.92 Å². The fourth-order valence-electron chi connectivity index (χ4n) is 1.04. The molecule has 0 radical (unpaired) electrons. The first-order chi connectivity index (χ1) is 6.50. The van der Waals surface area contributed by atoms with Gasteiger partial charge in [-0.3, -0.25) is 9.97 Å². The molecule has 0 saturated heterocycles. The molecule has 1 rings (SSSR count). The third kappa shape index (κ3) is 2.45. The van der Waals surface area contributed by atoms with E-state index in [1.165, 1.54) is 0 Å². The van der Waals surface area contributed by atoms with Gasteiger partial charge in [-0.05, 0) is 12.3 Å². The molecule has 1 aromatic rings. The Morgan fingerprint density at radius 2 is 1.64 bits per heavy atom. The second-order valence-electron chi connectivity index (χ2n) is 3.52. The summed E-state index contributed by atoms with van der Waals surface area (Å²) in [6.45, 7) is 4.30. The molecule has 0 fully saturated rings. The van der Waals surface area contributed by atoms with Crippen LogP contribution in [0.25, 0.3) is 0 Å². The van der Waals surface area contributed by atoms with Crippen molar-refractivity contribution in [2.24, 2.45) is 5.92 Å². The van der Waals surface area contributed by atoms with E-state index in [1.807, 2.05) is 23.8 Å². The SMILES string of the molecule is CC(C)CCn1c(=O)[nH]c(=O)[nH]c1=O. The van der Waals surface area contributed by atoms with Crippen LogP contribution < -0.4 is 17.1 Å². The van der Waals surface area contributed by atoms with Crippen LogP contribution >= 0.6 is 0 Å². The van der Waals surface area contributed by atoms with Crippen LogP contribution in [-0.2, 0) is 6.54 Å². The minimum absolute atomic E-state index is 0.322. The summed E-state index contributed by atoms with van der Waals surface area (Å²) in [4.78, 5) is 37.0. The van der Waals surface area contributed by atoms with E-state index < -0.39 is 17.1 Å².